The van der Waals surface area contributed by atoms with Crippen LogP contribution in [0.4, 0.5) is 4.39 Å². The quantitative estimate of drug-likeness (QED) is 0.844. The molecular weight excluding hydrogens is 277 g/mol. The lowest BCUT2D eigenvalue weighted by atomic mass is 10.2. The van der Waals surface area contributed by atoms with Gasteiger partial charge in [-0.05, 0) is 31.2 Å². The van der Waals surface area contributed by atoms with Gasteiger partial charge in [-0.1, -0.05) is 24.3 Å². The SMILES string of the molecule is CN1CCN(C2CCN(C/C=C/c3ccc(F)cc3)C2)CC1. The topological polar surface area (TPSA) is 9.72 Å². The van der Waals surface area contributed by atoms with Crippen LogP contribution in [0.3, 0.4) is 0 Å². The van der Waals surface area contributed by atoms with E-state index in [2.05, 4.69) is 33.9 Å². The number of hydrogen-bond acceptors (Lipinski definition) is 3. The Labute approximate surface area is 133 Å². The van der Waals surface area contributed by atoms with Crippen molar-refractivity contribution in [3.8, 4) is 0 Å². The summed E-state index contributed by atoms with van der Waals surface area (Å²) in [6.45, 7) is 8.16. The van der Waals surface area contributed by atoms with Gasteiger partial charge in [0, 0.05) is 51.9 Å². The maximum absolute atomic E-state index is 12.9. The maximum Gasteiger partial charge on any atom is 0.123 e. The van der Waals surface area contributed by atoms with Crippen molar-refractivity contribution >= 4 is 6.08 Å². The second-order valence-electron chi connectivity index (χ2n) is 6.50. The van der Waals surface area contributed by atoms with Crippen LogP contribution in [0.1, 0.15) is 12.0 Å². The van der Waals surface area contributed by atoms with E-state index in [0.717, 1.165) is 18.2 Å². The molecule has 2 fully saturated rings. The molecule has 120 valence electrons. The highest BCUT2D eigenvalue weighted by atomic mass is 19.1. The maximum atomic E-state index is 12.9. The van der Waals surface area contributed by atoms with Crippen LogP contribution in [0.25, 0.3) is 6.08 Å². The van der Waals surface area contributed by atoms with Gasteiger partial charge in [0.2, 0.25) is 0 Å². The molecule has 1 unspecified atom stereocenters. The number of benzene rings is 1. The molecule has 4 heteroatoms. The Hall–Kier alpha value is -1.23. The van der Waals surface area contributed by atoms with Crippen molar-refractivity contribution in [1.29, 1.82) is 0 Å². The Morgan fingerprint density at radius 2 is 1.82 bits per heavy atom. The van der Waals surface area contributed by atoms with Gasteiger partial charge in [-0.25, -0.2) is 4.39 Å². The van der Waals surface area contributed by atoms with Gasteiger partial charge >= 0.3 is 0 Å². The van der Waals surface area contributed by atoms with E-state index in [1.807, 2.05) is 12.1 Å². The Bertz CT molecular complexity index is 492. The van der Waals surface area contributed by atoms with E-state index in [0.29, 0.717) is 0 Å². The molecular formula is C18H26FN3. The minimum atomic E-state index is -0.174. The molecule has 0 aromatic heterocycles. The van der Waals surface area contributed by atoms with Crippen LogP contribution in [0.15, 0.2) is 30.3 Å². The summed E-state index contributed by atoms with van der Waals surface area (Å²) in [5.41, 5.74) is 1.07. The first kappa shape index (κ1) is 15.7. The fourth-order valence-electron chi connectivity index (χ4n) is 3.37. The van der Waals surface area contributed by atoms with Gasteiger partial charge in [0.05, 0.1) is 0 Å². The Kier molecular flexibility index (Phi) is 5.24. The molecule has 3 nitrogen and oxygen atoms in total. The lowest BCUT2D eigenvalue weighted by molar-refractivity contribution is 0.114. The van der Waals surface area contributed by atoms with Crippen molar-refractivity contribution in [1.82, 2.24) is 14.7 Å². The Morgan fingerprint density at radius 1 is 1.09 bits per heavy atom. The first-order valence-corrected chi connectivity index (χ1v) is 8.28. The Balaban J connectivity index is 1.44. The van der Waals surface area contributed by atoms with Crippen molar-refractivity contribution in [2.75, 3.05) is 52.9 Å². The molecule has 1 atom stereocenters. The summed E-state index contributed by atoms with van der Waals surface area (Å²) < 4.78 is 12.9. The molecule has 1 aromatic rings. The number of hydrogen-bond donors (Lipinski definition) is 0. The number of piperazine rings is 1. The van der Waals surface area contributed by atoms with E-state index in [9.17, 15) is 4.39 Å². The molecule has 0 radical (unpaired) electrons. The molecule has 3 rings (SSSR count). The molecule has 22 heavy (non-hydrogen) atoms. The number of rotatable bonds is 4. The molecule has 0 bridgehead atoms. The van der Waals surface area contributed by atoms with Crippen molar-refractivity contribution < 1.29 is 4.39 Å². The molecule has 0 spiro atoms. The largest absolute Gasteiger partial charge is 0.304 e. The van der Waals surface area contributed by atoms with Crippen LogP contribution in [0, 0.1) is 5.82 Å². The minimum absolute atomic E-state index is 0.174. The summed E-state index contributed by atoms with van der Waals surface area (Å²) in [6.07, 6.45) is 5.57. The van der Waals surface area contributed by atoms with Gasteiger partial charge in [0.15, 0.2) is 0 Å². The van der Waals surface area contributed by atoms with Crippen molar-refractivity contribution in [2.24, 2.45) is 0 Å². The minimum Gasteiger partial charge on any atom is -0.304 e. The van der Waals surface area contributed by atoms with Crippen molar-refractivity contribution in [3.63, 3.8) is 0 Å². The van der Waals surface area contributed by atoms with E-state index < -0.39 is 0 Å². The number of halogens is 1. The molecule has 0 amide bonds. The summed E-state index contributed by atoms with van der Waals surface area (Å²) in [5.74, 6) is -0.174. The lowest BCUT2D eigenvalue weighted by Gasteiger charge is -2.36. The summed E-state index contributed by atoms with van der Waals surface area (Å²) in [4.78, 5) is 7.58. The summed E-state index contributed by atoms with van der Waals surface area (Å²) >= 11 is 0. The van der Waals surface area contributed by atoms with Crippen LogP contribution < -0.4 is 0 Å². The summed E-state index contributed by atoms with van der Waals surface area (Å²) in [5, 5.41) is 0. The second kappa shape index (κ2) is 7.36. The summed E-state index contributed by atoms with van der Waals surface area (Å²) in [6, 6.07) is 7.40. The Morgan fingerprint density at radius 3 is 2.55 bits per heavy atom. The first-order chi connectivity index (χ1) is 10.7. The smallest absolute Gasteiger partial charge is 0.123 e. The normalized spacial score (nSPS) is 25.3. The van der Waals surface area contributed by atoms with E-state index >= 15 is 0 Å². The van der Waals surface area contributed by atoms with Gasteiger partial charge in [-0.3, -0.25) is 9.80 Å². The lowest BCUT2D eigenvalue weighted by Crippen LogP contribution is -2.49. The third-order valence-electron chi connectivity index (χ3n) is 4.85. The van der Waals surface area contributed by atoms with Gasteiger partial charge in [0.25, 0.3) is 0 Å². The highest BCUT2D eigenvalue weighted by molar-refractivity contribution is 5.48. The van der Waals surface area contributed by atoms with E-state index in [4.69, 9.17) is 0 Å². The summed E-state index contributed by atoms with van der Waals surface area (Å²) in [7, 11) is 2.21. The molecule has 2 heterocycles. The third kappa shape index (κ3) is 4.15. The predicted molar refractivity (Wildman–Crippen MR) is 89.3 cm³/mol. The van der Waals surface area contributed by atoms with Crippen LogP contribution >= 0.6 is 0 Å². The number of likely N-dealkylation sites (tertiary alicyclic amines) is 1. The molecule has 0 aliphatic carbocycles. The molecule has 2 aliphatic rings. The van der Waals surface area contributed by atoms with E-state index in [1.165, 1.54) is 57.8 Å². The van der Waals surface area contributed by atoms with E-state index in [1.54, 1.807) is 0 Å². The van der Waals surface area contributed by atoms with Gasteiger partial charge < -0.3 is 4.90 Å². The zero-order valence-electron chi connectivity index (χ0n) is 13.4. The van der Waals surface area contributed by atoms with Crippen LogP contribution in [0.5, 0.6) is 0 Å². The highest BCUT2D eigenvalue weighted by Gasteiger charge is 2.28. The molecule has 2 saturated heterocycles. The zero-order chi connectivity index (χ0) is 15.4. The first-order valence-electron chi connectivity index (χ1n) is 8.28. The number of nitrogens with zero attached hydrogens (tertiary/aromatic N) is 3. The fourth-order valence-corrected chi connectivity index (χ4v) is 3.37. The fraction of sp³-hybridized carbons (Fsp3) is 0.556. The molecule has 0 N–H and O–H groups in total. The zero-order valence-corrected chi connectivity index (χ0v) is 13.4. The third-order valence-corrected chi connectivity index (χ3v) is 4.85. The van der Waals surface area contributed by atoms with E-state index in [-0.39, 0.29) is 5.82 Å². The van der Waals surface area contributed by atoms with Crippen LogP contribution in [-0.2, 0) is 0 Å². The number of likely N-dealkylation sites (N-methyl/N-ethyl adjacent to an activating group) is 1. The van der Waals surface area contributed by atoms with Crippen LogP contribution in [0.2, 0.25) is 0 Å². The van der Waals surface area contributed by atoms with Crippen molar-refractivity contribution in [3.05, 3.63) is 41.7 Å². The molecule has 0 saturated carbocycles. The highest BCUT2D eigenvalue weighted by Crippen LogP contribution is 2.17. The van der Waals surface area contributed by atoms with Gasteiger partial charge in [0.1, 0.15) is 5.82 Å². The molecule has 1 aromatic carbocycles. The van der Waals surface area contributed by atoms with Crippen LogP contribution in [-0.4, -0.2) is 73.6 Å². The molecule has 2 aliphatic heterocycles. The average molecular weight is 303 g/mol. The van der Waals surface area contributed by atoms with Gasteiger partial charge in [-0.2, -0.15) is 0 Å². The second-order valence-corrected chi connectivity index (χ2v) is 6.50. The monoisotopic (exact) mass is 303 g/mol. The van der Waals surface area contributed by atoms with Gasteiger partial charge in [-0.15, -0.1) is 0 Å². The standard InChI is InChI=1S/C18H26FN3/c1-20-11-13-22(14-12-20)18-8-10-21(15-18)9-2-3-16-4-6-17(19)7-5-16/h2-7,18H,8-15H2,1H3/b3-2+. The average Bonchev–Trinajstić information content (AvgIpc) is 2.99. The van der Waals surface area contributed by atoms with Crippen molar-refractivity contribution in [2.45, 2.75) is 12.5 Å². The predicted octanol–water partition coefficient (Wildman–Crippen LogP) is 2.16.